The Bertz CT molecular complexity index is 1210. The largest absolute Gasteiger partial charge is 0.418 e. The van der Waals surface area contributed by atoms with E-state index in [2.05, 4.69) is 15.2 Å². The Morgan fingerprint density at radius 3 is 2.76 bits per heavy atom. The first kappa shape index (κ1) is 17.9. The lowest BCUT2D eigenvalue weighted by Crippen LogP contribution is -2.09. The molecule has 0 bridgehead atoms. The van der Waals surface area contributed by atoms with E-state index < -0.39 is 0 Å². The molecule has 1 saturated carbocycles. The maximum atomic E-state index is 12.8. The van der Waals surface area contributed by atoms with Crippen molar-refractivity contribution in [3.05, 3.63) is 65.3 Å². The molecular weight excluding hydrogens is 386 g/mol. The van der Waals surface area contributed by atoms with Crippen LogP contribution in [0.5, 0.6) is 0 Å². The Kier molecular flexibility index (Phi) is 4.52. The van der Waals surface area contributed by atoms with Crippen LogP contribution >= 0.6 is 11.3 Å². The standard InChI is InChI=1S/C22H17N3O3S/c26-17-8-4-7-15(17)12-19-24-25-21(28-19)20(27)22-23-16-10-9-14(11-18(16)29-22)13-5-2-1-3-6-13/h1-3,5-6,9-11,15H,4,7-8,12H2/t15-/m1/s1. The molecular formula is C22H17N3O3S. The highest BCUT2D eigenvalue weighted by Gasteiger charge is 2.28. The van der Waals surface area contributed by atoms with Gasteiger partial charge in [0.15, 0.2) is 5.01 Å². The summed E-state index contributed by atoms with van der Waals surface area (Å²) < 4.78 is 6.46. The number of hydrogen-bond acceptors (Lipinski definition) is 7. The van der Waals surface area contributed by atoms with Crippen LogP contribution in [0, 0.1) is 5.92 Å². The van der Waals surface area contributed by atoms with Crippen molar-refractivity contribution in [3.63, 3.8) is 0 Å². The Balaban J connectivity index is 1.39. The fourth-order valence-corrected chi connectivity index (χ4v) is 4.60. The third-order valence-corrected chi connectivity index (χ3v) is 6.22. The maximum absolute atomic E-state index is 12.8. The number of nitrogens with zero attached hydrogens (tertiary/aromatic N) is 3. The van der Waals surface area contributed by atoms with E-state index in [4.69, 9.17) is 4.42 Å². The molecule has 1 fully saturated rings. The van der Waals surface area contributed by atoms with Gasteiger partial charge in [0.1, 0.15) is 5.78 Å². The predicted octanol–water partition coefficient (Wildman–Crippen LogP) is 4.49. The molecule has 29 heavy (non-hydrogen) atoms. The van der Waals surface area contributed by atoms with Gasteiger partial charge >= 0.3 is 0 Å². The fourth-order valence-electron chi connectivity index (χ4n) is 3.67. The Morgan fingerprint density at radius 1 is 1.10 bits per heavy atom. The molecule has 4 aromatic rings. The lowest BCUT2D eigenvalue weighted by atomic mass is 10.0. The minimum Gasteiger partial charge on any atom is -0.418 e. The molecule has 0 spiro atoms. The zero-order valence-corrected chi connectivity index (χ0v) is 16.3. The number of fused-ring (bicyclic) bond motifs is 1. The predicted molar refractivity (Wildman–Crippen MR) is 109 cm³/mol. The van der Waals surface area contributed by atoms with Crippen molar-refractivity contribution >= 4 is 33.1 Å². The summed E-state index contributed by atoms with van der Waals surface area (Å²) in [6.45, 7) is 0. The molecule has 1 atom stereocenters. The Morgan fingerprint density at radius 2 is 1.97 bits per heavy atom. The summed E-state index contributed by atoms with van der Waals surface area (Å²) in [5.41, 5.74) is 2.94. The summed E-state index contributed by atoms with van der Waals surface area (Å²) in [6, 6.07) is 16.0. The van der Waals surface area contributed by atoms with Crippen LogP contribution in [0.3, 0.4) is 0 Å². The van der Waals surface area contributed by atoms with Gasteiger partial charge in [0, 0.05) is 18.8 Å². The van der Waals surface area contributed by atoms with E-state index in [1.54, 1.807) is 0 Å². The third-order valence-electron chi connectivity index (χ3n) is 5.20. The molecule has 0 N–H and O–H groups in total. The van der Waals surface area contributed by atoms with Gasteiger partial charge in [0.25, 0.3) is 11.7 Å². The second-order valence-corrected chi connectivity index (χ2v) is 8.19. The van der Waals surface area contributed by atoms with Crippen LogP contribution in [0.25, 0.3) is 21.3 Å². The monoisotopic (exact) mass is 403 g/mol. The number of ketones is 2. The molecule has 7 heteroatoms. The average Bonchev–Trinajstić information content (AvgIpc) is 3.48. The van der Waals surface area contributed by atoms with E-state index in [0.717, 1.165) is 34.2 Å². The molecule has 0 saturated heterocycles. The van der Waals surface area contributed by atoms with Crippen molar-refractivity contribution in [1.82, 2.24) is 15.2 Å². The molecule has 1 aliphatic rings. The molecule has 0 aliphatic heterocycles. The molecule has 2 heterocycles. The van der Waals surface area contributed by atoms with Crippen LogP contribution in [0.15, 0.2) is 52.9 Å². The van der Waals surface area contributed by atoms with E-state index in [1.807, 2.05) is 48.5 Å². The van der Waals surface area contributed by atoms with E-state index in [9.17, 15) is 9.59 Å². The first-order chi connectivity index (χ1) is 14.2. The van der Waals surface area contributed by atoms with Crippen LogP contribution in [-0.2, 0) is 11.2 Å². The molecule has 0 amide bonds. The van der Waals surface area contributed by atoms with Crippen LogP contribution in [0.4, 0.5) is 0 Å². The van der Waals surface area contributed by atoms with Crippen molar-refractivity contribution in [1.29, 1.82) is 0 Å². The van der Waals surface area contributed by atoms with Gasteiger partial charge in [0.05, 0.1) is 10.2 Å². The lowest BCUT2D eigenvalue weighted by Gasteiger charge is -2.02. The summed E-state index contributed by atoms with van der Waals surface area (Å²) in [4.78, 5) is 29.0. The van der Waals surface area contributed by atoms with E-state index in [0.29, 0.717) is 23.7 Å². The van der Waals surface area contributed by atoms with Gasteiger partial charge in [0.2, 0.25) is 5.89 Å². The highest BCUT2D eigenvalue weighted by atomic mass is 32.1. The molecule has 0 unspecified atom stereocenters. The van der Waals surface area contributed by atoms with Gasteiger partial charge in [-0.1, -0.05) is 36.4 Å². The Hall–Kier alpha value is -3.19. The zero-order chi connectivity index (χ0) is 19.8. The van der Waals surface area contributed by atoms with Gasteiger partial charge in [-0.15, -0.1) is 21.5 Å². The normalized spacial score (nSPS) is 16.6. The number of carbonyl (C=O) groups excluding carboxylic acids is 2. The smallest absolute Gasteiger partial charge is 0.291 e. The lowest BCUT2D eigenvalue weighted by molar-refractivity contribution is -0.120. The zero-order valence-electron chi connectivity index (χ0n) is 15.5. The molecule has 5 rings (SSSR count). The van der Waals surface area contributed by atoms with Crippen molar-refractivity contribution < 1.29 is 14.0 Å². The average molecular weight is 403 g/mol. The molecule has 144 valence electrons. The van der Waals surface area contributed by atoms with Gasteiger partial charge in [-0.2, -0.15) is 0 Å². The number of hydrogen-bond donors (Lipinski definition) is 0. The number of thiazole rings is 1. The summed E-state index contributed by atoms with van der Waals surface area (Å²) in [7, 11) is 0. The topological polar surface area (TPSA) is 86.0 Å². The summed E-state index contributed by atoms with van der Waals surface area (Å²) >= 11 is 1.31. The first-order valence-electron chi connectivity index (χ1n) is 9.53. The van der Waals surface area contributed by atoms with Gasteiger partial charge in [-0.3, -0.25) is 9.59 Å². The first-order valence-corrected chi connectivity index (χ1v) is 10.3. The number of benzene rings is 2. The third kappa shape index (κ3) is 3.49. The van der Waals surface area contributed by atoms with Crippen molar-refractivity contribution in [3.8, 4) is 11.1 Å². The minimum absolute atomic E-state index is 0.0720. The van der Waals surface area contributed by atoms with E-state index in [-0.39, 0.29) is 23.4 Å². The number of rotatable bonds is 5. The van der Waals surface area contributed by atoms with Crippen LogP contribution in [0.1, 0.15) is 40.8 Å². The number of aromatic nitrogens is 3. The maximum Gasteiger partial charge on any atom is 0.291 e. The number of Topliss-reactive ketones (excluding diaryl/α,β-unsaturated/α-hetero) is 1. The second kappa shape index (κ2) is 7.33. The van der Waals surface area contributed by atoms with Gasteiger partial charge in [-0.05, 0) is 36.1 Å². The second-order valence-electron chi connectivity index (χ2n) is 7.16. The Labute approximate surface area is 170 Å². The molecule has 2 aromatic carbocycles. The van der Waals surface area contributed by atoms with Crippen LogP contribution < -0.4 is 0 Å². The summed E-state index contributed by atoms with van der Waals surface area (Å²) in [6.07, 6.45) is 2.76. The van der Waals surface area contributed by atoms with Crippen molar-refractivity contribution in [2.24, 2.45) is 5.92 Å². The van der Waals surface area contributed by atoms with Crippen LogP contribution in [0.2, 0.25) is 0 Å². The van der Waals surface area contributed by atoms with E-state index >= 15 is 0 Å². The highest BCUT2D eigenvalue weighted by Crippen LogP contribution is 2.29. The van der Waals surface area contributed by atoms with Crippen LogP contribution in [-0.4, -0.2) is 26.7 Å². The van der Waals surface area contributed by atoms with Crippen molar-refractivity contribution in [2.45, 2.75) is 25.7 Å². The minimum atomic E-state index is -0.385. The molecule has 2 aromatic heterocycles. The highest BCUT2D eigenvalue weighted by molar-refractivity contribution is 7.20. The summed E-state index contributed by atoms with van der Waals surface area (Å²) in [5, 5.41) is 8.16. The molecule has 6 nitrogen and oxygen atoms in total. The van der Waals surface area contributed by atoms with E-state index in [1.165, 1.54) is 11.3 Å². The SMILES string of the molecule is O=C(c1nnc(C[C@H]2CCCC2=O)o1)c1nc2ccc(-c3ccccc3)cc2s1. The van der Waals surface area contributed by atoms with Gasteiger partial charge < -0.3 is 4.42 Å². The van der Waals surface area contributed by atoms with Gasteiger partial charge in [-0.25, -0.2) is 4.98 Å². The van der Waals surface area contributed by atoms with Crippen molar-refractivity contribution in [2.75, 3.05) is 0 Å². The fraction of sp³-hybridized carbons (Fsp3) is 0.227. The quantitative estimate of drug-likeness (QED) is 0.457. The molecule has 0 radical (unpaired) electrons. The molecule has 1 aliphatic carbocycles. The summed E-state index contributed by atoms with van der Waals surface area (Å²) in [5.74, 6) is 0.0338. The number of carbonyl (C=O) groups is 2.